The maximum absolute atomic E-state index is 13.0. The van der Waals surface area contributed by atoms with Crippen LogP contribution in [0.2, 0.25) is 5.02 Å². The Kier molecular flexibility index (Phi) is 5.46. The van der Waals surface area contributed by atoms with E-state index in [0.29, 0.717) is 35.4 Å². The summed E-state index contributed by atoms with van der Waals surface area (Å²) in [6.45, 7) is 3.98. The highest BCUT2D eigenvalue weighted by Gasteiger charge is 2.41. The van der Waals surface area contributed by atoms with E-state index in [0.717, 1.165) is 16.7 Å². The van der Waals surface area contributed by atoms with Crippen molar-refractivity contribution in [2.75, 3.05) is 0 Å². The molecule has 0 aromatic heterocycles. The van der Waals surface area contributed by atoms with Gasteiger partial charge in [0.15, 0.2) is 5.78 Å². The van der Waals surface area contributed by atoms with Crippen LogP contribution in [0.4, 0.5) is 0 Å². The number of aryl methyl sites for hydroxylation is 2. The minimum Gasteiger partial charge on any atom is -0.496 e. The number of esters is 1. The van der Waals surface area contributed by atoms with E-state index in [1.165, 1.54) is 0 Å². The molecule has 1 heterocycles. The number of carbonyl (C=O) groups is 2. The monoisotopic (exact) mass is 410 g/mol. The quantitative estimate of drug-likeness (QED) is 0.645. The molecule has 0 N–H and O–H groups in total. The summed E-state index contributed by atoms with van der Waals surface area (Å²) in [4.78, 5) is 25.5. The highest BCUT2D eigenvalue weighted by atomic mass is 35.5. The van der Waals surface area contributed by atoms with Gasteiger partial charge in [0.2, 0.25) is 0 Å². The lowest BCUT2D eigenvalue weighted by molar-refractivity contribution is -0.126. The standard InChI is InChI=1S/C24H23ClO4/c1-14-3-4-17(11-15(14)2)24(27)29-19-9-10-20-22(12-19)28-13-21(23(20)26)16-5-7-18(25)8-6-16/h3-8,11,13,19-20,22H,9-10,12H2,1-2H3. The van der Waals surface area contributed by atoms with Gasteiger partial charge in [0.1, 0.15) is 12.2 Å². The third kappa shape index (κ3) is 4.08. The number of benzene rings is 2. The molecule has 1 fully saturated rings. The molecule has 5 heteroatoms. The maximum atomic E-state index is 13.0. The van der Waals surface area contributed by atoms with Crippen LogP contribution < -0.4 is 0 Å². The summed E-state index contributed by atoms with van der Waals surface area (Å²) in [5.74, 6) is -0.444. The average Bonchev–Trinajstić information content (AvgIpc) is 2.71. The van der Waals surface area contributed by atoms with Crippen molar-refractivity contribution in [3.63, 3.8) is 0 Å². The van der Waals surface area contributed by atoms with Crippen molar-refractivity contribution >= 4 is 28.9 Å². The second kappa shape index (κ2) is 8.03. The normalized spacial score (nSPS) is 23.6. The zero-order chi connectivity index (χ0) is 20.5. The first-order valence-electron chi connectivity index (χ1n) is 9.86. The number of fused-ring (bicyclic) bond motifs is 1. The Bertz CT molecular complexity index is 977. The molecule has 2 aliphatic rings. The number of ketones is 1. The van der Waals surface area contributed by atoms with Crippen LogP contribution in [0.25, 0.3) is 5.57 Å². The first kappa shape index (κ1) is 19.7. The Morgan fingerprint density at radius 2 is 1.83 bits per heavy atom. The third-order valence-electron chi connectivity index (χ3n) is 5.88. The number of halogens is 1. The molecule has 1 aliphatic carbocycles. The summed E-state index contributed by atoms with van der Waals surface area (Å²) >= 11 is 5.94. The minimum atomic E-state index is -0.323. The van der Waals surface area contributed by atoms with Crippen molar-refractivity contribution in [1.29, 1.82) is 0 Å². The van der Waals surface area contributed by atoms with E-state index in [-0.39, 0.29) is 29.9 Å². The van der Waals surface area contributed by atoms with Crippen molar-refractivity contribution in [2.45, 2.75) is 45.3 Å². The number of hydrogen-bond donors (Lipinski definition) is 0. The topological polar surface area (TPSA) is 52.6 Å². The number of carbonyl (C=O) groups excluding carboxylic acids is 2. The molecule has 1 saturated carbocycles. The maximum Gasteiger partial charge on any atom is 0.338 e. The highest BCUT2D eigenvalue weighted by molar-refractivity contribution is 6.30. The fraction of sp³-hybridized carbons (Fsp3) is 0.333. The van der Waals surface area contributed by atoms with E-state index in [2.05, 4.69) is 0 Å². The number of Topliss-reactive ketones (excluding diaryl/α,β-unsaturated/α-hetero) is 1. The van der Waals surface area contributed by atoms with Crippen LogP contribution in [0.3, 0.4) is 0 Å². The summed E-state index contributed by atoms with van der Waals surface area (Å²) in [6, 6.07) is 12.7. The molecule has 29 heavy (non-hydrogen) atoms. The van der Waals surface area contributed by atoms with Gasteiger partial charge in [0.05, 0.1) is 23.3 Å². The van der Waals surface area contributed by atoms with Crippen LogP contribution in [0.1, 0.15) is 46.3 Å². The molecule has 0 bridgehead atoms. The first-order chi connectivity index (χ1) is 13.9. The number of allylic oxidation sites excluding steroid dienone is 1. The van der Waals surface area contributed by atoms with Crippen LogP contribution in [-0.2, 0) is 14.3 Å². The fourth-order valence-electron chi connectivity index (χ4n) is 3.99. The van der Waals surface area contributed by atoms with Gasteiger partial charge in [-0.15, -0.1) is 0 Å². The van der Waals surface area contributed by atoms with Gasteiger partial charge in [0, 0.05) is 11.4 Å². The van der Waals surface area contributed by atoms with Crippen LogP contribution >= 0.6 is 11.6 Å². The molecular weight excluding hydrogens is 388 g/mol. The lowest BCUT2D eigenvalue weighted by atomic mass is 9.78. The number of ether oxygens (including phenoxy) is 2. The van der Waals surface area contributed by atoms with E-state index in [9.17, 15) is 9.59 Å². The Balaban J connectivity index is 1.43. The lowest BCUT2D eigenvalue weighted by Crippen LogP contribution is -2.42. The number of rotatable bonds is 3. The van der Waals surface area contributed by atoms with Crippen LogP contribution in [0.15, 0.2) is 48.7 Å². The lowest BCUT2D eigenvalue weighted by Gasteiger charge is -2.37. The van der Waals surface area contributed by atoms with Gasteiger partial charge < -0.3 is 9.47 Å². The molecule has 2 aromatic rings. The van der Waals surface area contributed by atoms with Gasteiger partial charge in [0.25, 0.3) is 0 Å². The molecule has 2 aromatic carbocycles. The summed E-state index contributed by atoms with van der Waals surface area (Å²) in [6.07, 6.45) is 2.85. The molecule has 3 unspecified atom stereocenters. The van der Waals surface area contributed by atoms with Crippen LogP contribution in [-0.4, -0.2) is 24.0 Å². The largest absolute Gasteiger partial charge is 0.496 e. The summed E-state index contributed by atoms with van der Waals surface area (Å²) in [5, 5.41) is 0.627. The Hall–Kier alpha value is -2.59. The zero-order valence-corrected chi connectivity index (χ0v) is 17.2. The SMILES string of the molecule is Cc1ccc(C(=O)OC2CCC3C(=O)C(c4ccc(Cl)cc4)=COC3C2)cc1C. The van der Waals surface area contributed by atoms with E-state index < -0.39 is 0 Å². The Morgan fingerprint density at radius 3 is 2.55 bits per heavy atom. The summed E-state index contributed by atoms with van der Waals surface area (Å²) in [5.41, 5.74) is 4.14. The van der Waals surface area contributed by atoms with Crippen molar-refractivity contribution in [1.82, 2.24) is 0 Å². The molecule has 3 atom stereocenters. The average molecular weight is 411 g/mol. The molecule has 4 nitrogen and oxygen atoms in total. The molecule has 0 saturated heterocycles. The van der Waals surface area contributed by atoms with E-state index in [1.807, 2.05) is 38.1 Å². The molecular formula is C24H23ClO4. The summed E-state index contributed by atoms with van der Waals surface area (Å²) < 4.78 is 11.6. The third-order valence-corrected chi connectivity index (χ3v) is 6.13. The number of hydrogen-bond acceptors (Lipinski definition) is 4. The second-order valence-electron chi connectivity index (χ2n) is 7.82. The Labute approximate surface area is 175 Å². The summed E-state index contributed by atoms with van der Waals surface area (Å²) in [7, 11) is 0. The molecule has 150 valence electrons. The van der Waals surface area contributed by atoms with Gasteiger partial charge in [-0.3, -0.25) is 4.79 Å². The zero-order valence-electron chi connectivity index (χ0n) is 16.5. The fourth-order valence-corrected chi connectivity index (χ4v) is 4.12. The van der Waals surface area contributed by atoms with Crippen molar-refractivity contribution in [2.24, 2.45) is 5.92 Å². The van der Waals surface area contributed by atoms with Crippen molar-refractivity contribution in [3.8, 4) is 0 Å². The van der Waals surface area contributed by atoms with Crippen molar-refractivity contribution in [3.05, 3.63) is 76.0 Å². The van der Waals surface area contributed by atoms with Gasteiger partial charge in [-0.25, -0.2) is 4.79 Å². The van der Waals surface area contributed by atoms with Gasteiger partial charge >= 0.3 is 5.97 Å². The first-order valence-corrected chi connectivity index (χ1v) is 10.2. The van der Waals surface area contributed by atoms with E-state index in [4.69, 9.17) is 21.1 Å². The minimum absolute atomic E-state index is 0.0857. The van der Waals surface area contributed by atoms with Gasteiger partial charge in [-0.05, 0) is 67.6 Å². The molecule has 1 aliphatic heterocycles. The second-order valence-corrected chi connectivity index (χ2v) is 8.26. The smallest absolute Gasteiger partial charge is 0.338 e. The molecule has 0 spiro atoms. The van der Waals surface area contributed by atoms with Gasteiger partial charge in [-0.2, -0.15) is 0 Å². The highest BCUT2D eigenvalue weighted by Crippen LogP contribution is 2.37. The molecule has 0 amide bonds. The van der Waals surface area contributed by atoms with Crippen molar-refractivity contribution < 1.29 is 19.1 Å². The van der Waals surface area contributed by atoms with Crippen LogP contribution in [0, 0.1) is 19.8 Å². The predicted octanol–water partition coefficient (Wildman–Crippen LogP) is 5.29. The molecule has 0 radical (unpaired) electrons. The molecule has 4 rings (SSSR count). The van der Waals surface area contributed by atoms with E-state index >= 15 is 0 Å². The predicted molar refractivity (Wildman–Crippen MR) is 112 cm³/mol. The van der Waals surface area contributed by atoms with Crippen LogP contribution in [0.5, 0.6) is 0 Å². The Morgan fingerprint density at radius 1 is 1.07 bits per heavy atom. The van der Waals surface area contributed by atoms with E-state index in [1.54, 1.807) is 24.5 Å². The van der Waals surface area contributed by atoms with Gasteiger partial charge in [-0.1, -0.05) is 29.8 Å².